The molecule has 0 bridgehead atoms. The van der Waals surface area contributed by atoms with Crippen LogP contribution in [0.3, 0.4) is 0 Å². The van der Waals surface area contributed by atoms with E-state index in [2.05, 4.69) is 0 Å². The summed E-state index contributed by atoms with van der Waals surface area (Å²) in [6.45, 7) is 4.00. The molecule has 0 unspecified atom stereocenters. The lowest BCUT2D eigenvalue weighted by molar-refractivity contribution is 0.279. The zero-order valence-corrected chi connectivity index (χ0v) is 14.6. The average molecular weight is 343 g/mol. The Labute approximate surface area is 142 Å². The first-order valence-corrected chi connectivity index (χ1v) is 9.42. The van der Waals surface area contributed by atoms with E-state index < -0.39 is 10.0 Å². The Morgan fingerprint density at radius 1 is 1.08 bits per heavy atom. The highest BCUT2D eigenvalue weighted by Gasteiger charge is 2.21. The second-order valence-corrected chi connectivity index (χ2v) is 7.94. The molecule has 1 N–H and O–H groups in total. The molecule has 126 valence electrons. The minimum Gasteiger partial charge on any atom is -0.396 e. The van der Waals surface area contributed by atoms with Crippen LogP contribution in [0.5, 0.6) is 0 Å². The largest absolute Gasteiger partial charge is 0.396 e. The summed E-state index contributed by atoms with van der Waals surface area (Å²) in [7, 11) is -3.66. The van der Waals surface area contributed by atoms with Gasteiger partial charge in [0.2, 0.25) is 0 Å². The van der Waals surface area contributed by atoms with Gasteiger partial charge in [0.25, 0.3) is 10.0 Å². The van der Waals surface area contributed by atoms with Gasteiger partial charge in [0.1, 0.15) is 0 Å². The molecular formula is C19H21NO3S. The number of fused-ring (bicyclic) bond motifs is 1. The Bertz CT molecular complexity index is 956. The van der Waals surface area contributed by atoms with Gasteiger partial charge in [0.15, 0.2) is 0 Å². The van der Waals surface area contributed by atoms with Crippen LogP contribution in [0.4, 0.5) is 0 Å². The van der Waals surface area contributed by atoms with Crippen molar-refractivity contribution in [2.75, 3.05) is 6.61 Å². The predicted molar refractivity (Wildman–Crippen MR) is 95.8 cm³/mol. The fourth-order valence-corrected chi connectivity index (χ4v) is 4.34. The standard InChI is InChI=1S/C19H21NO3S/c1-14-6-8-17(9-7-14)24(22,23)20-12-10-16-4-3-5-18(19(16)20)15(2)11-13-21/h3-10,12,15,21H,11,13H2,1-2H3/t15-/m0/s1. The second-order valence-electron chi connectivity index (χ2n) is 6.13. The van der Waals surface area contributed by atoms with E-state index in [4.69, 9.17) is 0 Å². The Balaban J connectivity index is 2.21. The third kappa shape index (κ3) is 2.85. The molecule has 1 aromatic heterocycles. The number of nitrogens with zero attached hydrogens (tertiary/aromatic N) is 1. The summed E-state index contributed by atoms with van der Waals surface area (Å²) in [5, 5.41) is 10.1. The van der Waals surface area contributed by atoms with E-state index >= 15 is 0 Å². The number of aliphatic hydroxyl groups excluding tert-OH is 1. The molecule has 0 aliphatic heterocycles. The minimum absolute atomic E-state index is 0.0700. The van der Waals surface area contributed by atoms with Crippen molar-refractivity contribution < 1.29 is 13.5 Å². The summed E-state index contributed by atoms with van der Waals surface area (Å²) < 4.78 is 27.5. The highest BCUT2D eigenvalue weighted by atomic mass is 32.2. The summed E-state index contributed by atoms with van der Waals surface area (Å²) in [6, 6.07) is 14.5. The van der Waals surface area contributed by atoms with Crippen molar-refractivity contribution in [3.63, 3.8) is 0 Å². The van der Waals surface area contributed by atoms with Gasteiger partial charge in [-0.25, -0.2) is 12.4 Å². The molecule has 24 heavy (non-hydrogen) atoms. The molecule has 0 saturated carbocycles. The fraction of sp³-hybridized carbons (Fsp3) is 0.263. The van der Waals surface area contributed by atoms with E-state index in [1.807, 2.05) is 38.1 Å². The molecular weight excluding hydrogens is 322 g/mol. The van der Waals surface area contributed by atoms with Crippen molar-refractivity contribution in [1.29, 1.82) is 0 Å². The Hall–Kier alpha value is -2.11. The van der Waals surface area contributed by atoms with Crippen LogP contribution in [0.2, 0.25) is 0 Å². The number of aromatic nitrogens is 1. The van der Waals surface area contributed by atoms with Crippen molar-refractivity contribution in [3.8, 4) is 0 Å². The first-order valence-electron chi connectivity index (χ1n) is 7.98. The second kappa shape index (κ2) is 6.42. The Morgan fingerprint density at radius 2 is 1.79 bits per heavy atom. The molecule has 0 amide bonds. The van der Waals surface area contributed by atoms with Gasteiger partial charge >= 0.3 is 0 Å². The van der Waals surface area contributed by atoms with Gasteiger partial charge in [-0.1, -0.05) is 42.8 Å². The Kier molecular flexibility index (Phi) is 4.47. The monoisotopic (exact) mass is 343 g/mol. The lowest BCUT2D eigenvalue weighted by Crippen LogP contribution is -2.13. The summed E-state index contributed by atoms with van der Waals surface area (Å²) in [4.78, 5) is 0.273. The minimum atomic E-state index is -3.66. The third-order valence-corrected chi connectivity index (χ3v) is 6.07. The highest BCUT2D eigenvalue weighted by molar-refractivity contribution is 7.90. The maximum Gasteiger partial charge on any atom is 0.268 e. The van der Waals surface area contributed by atoms with Gasteiger partial charge in [-0.3, -0.25) is 0 Å². The number of para-hydroxylation sites is 1. The number of hydrogen-bond donors (Lipinski definition) is 1. The number of benzene rings is 2. The van der Waals surface area contributed by atoms with Crippen LogP contribution in [0, 0.1) is 6.92 Å². The lowest BCUT2D eigenvalue weighted by Gasteiger charge is -2.15. The SMILES string of the molecule is Cc1ccc(S(=O)(=O)n2ccc3cccc([C@@H](C)CCO)c32)cc1. The first-order chi connectivity index (χ1) is 11.4. The van der Waals surface area contributed by atoms with Gasteiger partial charge in [-0.2, -0.15) is 0 Å². The maximum absolute atomic E-state index is 13.1. The molecule has 4 nitrogen and oxygen atoms in total. The zero-order valence-electron chi connectivity index (χ0n) is 13.8. The summed E-state index contributed by atoms with van der Waals surface area (Å²) in [6.07, 6.45) is 2.20. The zero-order chi connectivity index (χ0) is 17.3. The molecule has 0 saturated heterocycles. The summed E-state index contributed by atoms with van der Waals surface area (Å²) in [5.74, 6) is 0.0700. The van der Waals surface area contributed by atoms with Crippen molar-refractivity contribution in [1.82, 2.24) is 3.97 Å². The Morgan fingerprint density at radius 3 is 2.46 bits per heavy atom. The van der Waals surface area contributed by atoms with Gasteiger partial charge in [0, 0.05) is 18.2 Å². The van der Waals surface area contributed by atoms with E-state index in [9.17, 15) is 13.5 Å². The molecule has 0 radical (unpaired) electrons. The van der Waals surface area contributed by atoms with E-state index in [0.717, 1.165) is 16.5 Å². The molecule has 1 heterocycles. The molecule has 0 aliphatic rings. The number of aliphatic hydroxyl groups is 1. The van der Waals surface area contributed by atoms with Crippen LogP contribution in [-0.2, 0) is 10.0 Å². The van der Waals surface area contributed by atoms with Gasteiger partial charge < -0.3 is 5.11 Å². The van der Waals surface area contributed by atoms with Crippen molar-refractivity contribution >= 4 is 20.9 Å². The average Bonchev–Trinajstić information content (AvgIpc) is 3.00. The molecule has 1 atom stereocenters. The molecule has 0 aliphatic carbocycles. The van der Waals surface area contributed by atoms with Crippen LogP contribution in [0.1, 0.15) is 30.4 Å². The predicted octanol–water partition coefficient (Wildman–Crippen LogP) is 3.67. The van der Waals surface area contributed by atoms with Crippen molar-refractivity contribution in [3.05, 3.63) is 65.9 Å². The summed E-state index contributed by atoms with van der Waals surface area (Å²) in [5.41, 5.74) is 2.64. The van der Waals surface area contributed by atoms with Crippen molar-refractivity contribution in [2.24, 2.45) is 0 Å². The fourth-order valence-electron chi connectivity index (χ4n) is 2.96. The van der Waals surface area contributed by atoms with Crippen LogP contribution in [0.25, 0.3) is 10.9 Å². The molecule has 2 aromatic carbocycles. The van der Waals surface area contributed by atoms with Crippen LogP contribution >= 0.6 is 0 Å². The number of hydrogen-bond acceptors (Lipinski definition) is 3. The normalized spacial score (nSPS) is 13.3. The number of aryl methyl sites for hydroxylation is 1. The molecule has 3 aromatic rings. The lowest BCUT2D eigenvalue weighted by atomic mass is 9.96. The van der Waals surface area contributed by atoms with Crippen LogP contribution in [-0.4, -0.2) is 24.1 Å². The molecule has 0 spiro atoms. The molecule has 5 heteroatoms. The van der Waals surface area contributed by atoms with Gasteiger partial charge in [0.05, 0.1) is 10.4 Å². The summed E-state index contributed by atoms with van der Waals surface area (Å²) >= 11 is 0. The quantitative estimate of drug-likeness (QED) is 0.769. The van der Waals surface area contributed by atoms with Gasteiger partial charge in [-0.15, -0.1) is 0 Å². The van der Waals surface area contributed by atoms with E-state index in [1.54, 1.807) is 30.5 Å². The van der Waals surface area contributed by atoms with Crippen LogP contribution < -0.4 is 0 Å². The topological polar surface area (TPSA) is 59.3 Å². The van der Waals surface area contributed by atoms with Crippen molar-refractivity contribution in [2.45, 2.75) is 31.1 Å². The van der Waals surface area contributed by atoms with E-state index in [0.29, 0.717) is 11.9 Å². The molecule has 0 fully saturated rings. The molecule has 3 rings (SSSR count). The number of rotatable bonds is 5. The maximum atomic E-state index is 13.1. The van der Waals surface area contributed by atoms with E-state index in [1.165, 1.54) is 3.97 Å². The third-order valence-electron chi connectivity index (χ3n) is 4.38. The van der Waals surface area contributed by atoms with Gasteiger partial charge in [-0.05, 0) is 43.0 Å². The highest BCUT2D eigenvalue weighted by Crippen LogP contribution is 2.30. The van der Waals surface area contributed by atoms with E-state index in [-0.39, 0.29) is 17.4 Å². The smallest absolute Gasteiger partial charge is 0.268 e. The van der Waals surface area contributed by atoms with Crippen LogP contribution in [0.15, 0.2) is 59.6 Å². The first kappa shape index (κ1) is 16.7.